The molecule has 5 heteroatoms. The first-order chi connectivity index (χ1) is 15.4. The third-order valence-corrected chi connectivity index (χ3v) is 9.51. The Bertz CT molecular complexity index is 795. The van der Waals surface area contributed by atoms with E-state index in [4.69, 9.17) is 9.47 Å². The highest BCUT2D eigenvalue weighted by atomic mass is 16.6. The second-order valence-corrected chi connectivity index (χ2v) is 12.7. The topological polar surface area (TPSA) is 72.8 Å². The molecule has 4 aliphatic carbocycles. The molecule has 3 fully saturated rings. The summed E-state index contributed by atoms with van der Waals surface area (Å²) in [6.07, 6.45) is 11.4. The molecule has 0 aromatic carbocycles. The minimum Gasteiger partial charge on any atom is -0.460 e. The molecule has 0 bridgehead atoms. The Balaban J connectivity index is 1.31. The van der Waals surface area contributed by atoms with Gasteiger partial charge in [-0.05, 0) is 101 Å². The summed E-state index contributed by atoms with van der Waals surface area (Å²) in [6.45, 7) is 10.4. The van der Waals surface area contributed by atoms with Gasteiger partial charge in [0, 0.05) is 6.42 Å². The normalized spacial score (nSPS) is 40.3. The first kappa shape index (κ1) is 24.9. The summed E-state index contributed by atoms with van der Waals surface area (Å²) < 4.78 is 11.3. The van der Waals surface area contributed by atoms with Gasteiger partial charge in [-0.15, -0.1) is 0 Å². The summed E-state index contributed by atoms with van der Waals surface area (Å²) in [5.74, 6) is 1.73. The molecular formula is C28H44O5. The number of allylic oxidation sites excluding steroid dienone is 1. The highest BCUT2D eigenvalue weighted by molar-refractivity contribution is 5.83. The molecule has 7 atom stereocenters. The van der Waals surface area contributed by atoms with Crippen LogP contribution in [0.3, 0.4) is 0 Å². The monoisotopic (exact) mass is 460 g/mol. The number of carbonyl (C=O) groups excluding carboxylic acids is 2. The number of ether oxygens (including phenoxy) is 2. The van der Waals surface area contributed by atoms with E-state index in [2.05, 4.69) is 19.9 Å². The Morgan fingerprint density at radius 2 is 1.79 bits per heavy atom. The lowest BCUT2D eigenvalue weighted by molar-refractivity contribution is -0.155. The molecule has 0 amide bonds. The number of Topliss-reactive ketones (excluding diaryl/α,β-unsaturated/α-hetero) is 1. The molecule has 0 radical (unpaired) electrons. The molecule has 4 aliphatic rings. The van der Waals surface area contributed by atoms with Crippen LogP contribution in [0.15, 0.2) is 11.6 Å². The average molecular weight is 461 g/mol. The van der Waals surface area contributed by atoms with Crippen LogP contribution in [-0.2, 0) is 19.1 Å². The zero-order valence-corrected chi connectivity index (χ0v) is 21.3. The SMILES string of the molecule is CC(C)(C)OC(=O)CCC(=O)CO[C@@H]1C=C2CCC3C(CCC4(C)C(O)CCC34)C2(C)CC1. The predicted molar refractivity (Wildman–Crippen MR) is 128 cm³/mol. The zero-order valence-electron chi connectivity index (χ0n) is 21.3. The lowest BCUT2D eigenvalue weighted by Gasteiger charge is -2.58. The van der Waals surface area contributed by atoms with Gasteiger partial charge in [0.15, 0.2) is 5.78 Å². The summed E-state index contributed by atoms with van der Waals surface area (Å²) in [6, 6.07) is 0. The zero-order chi connectivity index (χ0) is 24.0. The molecule has 6 unspecified atom stereocenters. The molecule has 0 heterocycles. The van der Waals surface area contributed by atoms with Crippen molar-refractivity contribution in [3.63, 3.8) is 0 Å². The maximum atomic E-state index is 12.3. The number of aliphatic hydroxyl groups is 1. The van der Waals surface area contributed by atoms with E-state index in [9.17, 15) is 14.7 Å². The smallest absolute Gasteiger partial charge is 0.306 e. The number of rotatable bonds is 6. The number of hydrogen-bond acceptors (Lipinski definition) is 5. The Kier molecular flexibility index (Phi) is 6.88. The Morgan fingerprint density at radius 1 is 1.03 bits per heavy atom. The standard InChI is InChI=1S/C28H44O5/c1-26(2,3)33-25(31)11-7-19(29)17-32-20-12-14-27(4)18(16-20)6-8-21-22-9-10-24(30)28(22,5)15-13-23(21)27/h16,20-24,30H,6-15,17H2,1-5H3/t20-,21?,22?,23?,24?,27?,28?/m0/s1. The maximum absolute atomic E-state index is 12.3. The molecule has 4 rings (SSSR count). The number of carbonyl (C=O) groups is 2. The van der Waals surface area contributed by atoms with E-state index in [0.29, 0.717) is 11.8 Å². The molecule has 33 heavy (non-hydrogen) atoms. The second-order valence-electron chi connectivity index (χ2n) is 12.7. The molecular weight excluding hydrogens is 416 g/mol. The van der Waals surface area contributed by atoms with Gasteiger partial charge >= 0.3 is 5.97 Å². The quantitative estimate of drug-likeness (QED) is 0.425. The number of esters is 1. The van der Waals surface area contributed by atoms with Gasteiger partial charge < -0.3 is 14.6 Å². The fourth-order valence-electron chi connectivity index (χ4n) is 7.71. The summed E-state index contributed by atoms with van der Waals surface area (Å²) in [5, 5.41) is 10.6. The van der Waals surface area contributed by atoms with Crippen LogP contribution < -0.4 is 0 Å². The van der Waals surface area contributed by atoms with Crippen molar-refractivity contribution in [2.75, 3.05) is 6.61 Å². The number of aliphatic hydroxyl groups excluding tert-OH is 1. The Hall–Kier alpha value is -1.20. The minimum atomic E-state index is -0.523. The molecule has 0 aliphatic heterocycles. The molecule has 3 saturated carbocycles. The van der Waals surface area contributed by atoms with E-state index >= 15 is 0 Å². The van der Waals surface area contributed by atoms with E-state index < -0.39 is 5.60 Å². The van der Waals surface area contributed by atoms with Gasteiger partial charge in [0.05, 0.1) is 18.6 Å². The average Bonchev–Trinajstić information content (AvgIpc) is 3.04. The van der Waals surface area contributed by atoms with Crippen molar-refractivity contribution in [2.24, 2.45) is 28.6 Å². The van der Waals surface area contributed by atoms with E-state index in [1.54, 1.807) is 0 Å². The summed E-state index contributed by atoms with van der Waals surface area (Å²) >= 11 is 0. The Labute approximate surface area is 199 Å². The molecule has 186 valence electrons. The fraction of sp³-hybridized carbons (Fsp3) is 0.857. The van der Waals surface area contributed by atoms with E-state index in [-0.39, 0.29) is 54.2 Å². The lowest BCUT2D eigenvalue weighted by atomic mass is 9.47. The van der Waals surface area contributed by atoms with Crippen LogP contribution in [0.4, 0.5) is 0 Å². The van der Waals surface area contributed by atoms with E-state index in [0.717, 1.165) is 38.0 Å². The first-order valence-corrected chi connectivity index (χ1v) is 13.2. The van der Waals surface area contributed by atoms with Gasteiger partial charge in [-0.25, -0.2) is 0 Å². The van der Waals surface area contributed by atoms with Gasteiger partial charge in [0.1, 0.15) is 12.2 Å². The number of ketones is 1. The molecule has 5 nitrogen and oxygen atoms in total. The van der Waals surface area contributed by atoms with Crippen molar-refractivity contribution in [3.8, 4) is 0 Å². The summed E-state index contributed by atoms with van der Waals surface area (Å²) in [5.41, 5.74) is 1.37. The van der Waals surface area contributed by atoms with E-state index in [1.807, 2.05) is 20.8 Å². The molecule has 0 saturated heterocycles. The molecule has 0 spiro atoms. The predicted octanol–water partition coefficient (Wildman–Crippen LogP) is 5.39. The largest absolute Gasteiger partial charge is 0.460 e. The summed E-state index contributed by atoms with van der Waals surface area (Å²) in [4.78, 5) is 24.1. The van der Waals surface area contributed by atoms with Gasteiger partial charge in [0.2, 0.25) is 0 Å². The molecule has 0 aromatic heterocycles. The van der Waals surface area contributed by atoms with Crippen LogP contribution in [0.1, 0.15) is 98.8 Å². The highest BCUT2D eigenvalue weighted by Gasteiger charge is 2.58. The number of fused-ring (bicyclic) bond motifs is 5. The highest BCUT2D eigenvalue weighted by Crippen LogP contribution is 2.65. The van der Waals surface area contributed by atoms with Crippen LogP contribution in [0, 0.1) is 28.6 Å². The van der Waals surface area contributed by atoms with Crippen LogP contribution in [0.25, 0.3) is 0 Å². The Morgan fingerprint density at radius 3 is 2.52 bits per heavy atom. The fourth-order valence-corrected chi connectivity index (χ4v) is 7.71. The van der Waals surface area contributed by atoms with Gasteiger partial charge in [-0.1, -0.05) is 25.5 Å². The van der Waals surface area contributed by atoms with Crippen LogP contribution >= 0.6 is 0 Å². The summed E-state index contributed by atoms with van der Waals surface area (Å²) in [7, 11) is 0. The molecule has 1 N–H and O–H groups in total. The van der Waals surface area contributed by atoms with Gasteiger partial charge in [0.25, 0.3) is 0 Å². The van der Waals surface area contributed by atoms with Crippen molar-refractivity contribution in [2.45, 2.75) is 117 Å². The van der Waals surface area contributed by atoms with Gasteiger partial charge in [-0.3, -0.25) is 9.59 Å². The van der Waals surface area contributed by atoms with E-state index in [1.165, 1.54) is 24.8 Å². The van der Waals surface area contributed by atoms with Crippen LogP contribution in [0.5, 0.6) is 0 Å². The maximum Gasteiger partial charge on any atom is 0.306 e. The molecule has 0 aromatic rings. The van der Waals surface area contributed by atoms with Crippen LogP contribution in [0.2, 0.25) is 0 Å². The van der Waals surface area contributed by atoms with Crippen molar-refractivity contribution in [1.82, 2.24) is 0 Å². The van der Waals surface area contributed by atoms with Crippen molar-refractivity contribution in [1.29, 1.82) is 0 Å². The third-order valence-electron chi connectivity index (χ3n) is 9.51. The van der Waals surface area contributed by atoms with Gasteiger partial charge in [-0.2, -0.15) is 0 Å². The minimum absolute atomic E-state index is 0.00254. The third kappa shape index (κ3) is 4.96. The van der Waals surface area contributed by atoms with Crippen molar-refractivity contribution < 1.29 is 24.2 Å². The lowest BCUT2D eigenvalue weighted by Crippen LogP contribution is -2.51. The van der Waals surface area contributed by atoms with Crippen LogP contribution in [-0.4, -0.2) is 41.3 Å². The first-order valence-electron chi connectivity index (χ1n) is 13.2. The second kappa shape index (κ2) is 9.11. The van der Waals surface area contributed by atoms with Crippen molar-refractivity contribution in [3.05, 3.63) is 11.6 Å². The number of hydrogen-bond donors (Lipinski definition) is 1. The van der Waals surface area contributed by atoms with Crippen molar-refractivity contribution >= 4 is 11.8 Å².